The molecule has 0 spiro atoms. The predicted molar refractivity (Wildman–Crippen MR) is 72.8 cm³/mol. The number of hydrogen-bond donors (Lipinski definition) is 1. The second kappa shape index (κ2) is 6.75. The van der Waals surface area contributed by atoms with E-state index in [0.717, 1.165) is 24.8 Å². The maximum absolute atomic E-state index is 12.7. The lowest BCUT2D eigenvalue weighted by Gasteiger charge is -2.15. The van der Waals surface area contributed by atoms with Gasteiger partial charge in [-0.05, 0) is 43.5 Å². The molecule has 19 heavy (non-hydrogen) atoms. The number of carbonyl (C=O) groups excluding carboxylic acids is 1. The van der Waals surface area contributed by atoms with E-state index < -0.39 is 0 Å². The Kier molecular flexibility index (Phi) is 4.74. The van der Waals surface area contributed by atoms with Crippen molar-refractivity contribution in [3.63, 3.8) is 0 Å². The van der Waals surface area contributed by atoms with Crippen molar-refractivity contribution in [2.75, 3.05) is 6.54 Å². The topological polar surface area (TPSA) is 29.1 Å². The van der Waals surface area contributed by atoms with Gasteiger partial charge in [0.05, 0.1) is 6.54 Å². The number of halogens is 1. The Morgan fingerprint density at radius 1 is 1.32 bits per heavy atom. The number of carbonyl (C=O) groups is 1. The van der Waals surface area contributed by atoms with Crippen molar-refractivity contribution in [1.82, 2.24) is 5.32 Å². The molecule has 2 nitrogen and oxygen atoms in total. The van der Waals surface area contributed by atoms with Gasteiger partial charge in [-0.3, -0.25) is 4.79 Å². The molecule has 0 radical (unpaired) electrons. The van der Waals surface area contributed by atoms with E-state index in [1.807, 2.05) is 0 Å². The largest absolute Gasteiger partial charge is 0.345 e. The Morgan fingerprint density at radius 2 is 2.11 bits per heavy atom. The fraction of sp³-hybridized carbons (Fsp3) is 0.312. The SMILES string of the molecule is O=C(NCC#Cc1ccc(F)cc1)C1CC=CCC1. The Bertz CT molecular complexity index is 522. The summed E-state index contributed by atoms with van der Waals surface area (Å²) in [6.45, 7) is 0.330. The lowest BCUT2D eigenvalue weighted by atomic mass is 9.94. The molecule has 3 heteroatoms. The number of benzene rings is 1. The molecule has 1 aromatic carbocycles. The van der Waals surface area contributed by atoms with E-state index in [1.165, 1.54) is 12.1 Å². The monoisotopic (exact) mass is 257 g/mol. The highest BCUT2D eigenvalue weighted by Gasteiger charge is 2.17. The van der Waals surface area contributed by atoms with Gasteiger partial charge in [-0.1, -0.05) is 24.0 Å². The molecule has 1 aromatic rings. The molecule has 0 aliphatic heterocycles. The highest BCUT2D eigenvalue weighted by atomic mass is 19.1. The zero-order valence-corrected chi connectivity index (χ0v) is 10.7. The Morgan fingerprint density at radius 3 is 2.79 bits per heavy atom. The number of nitrogens with one attached hydrogen (secondary N) is 1. The van der Waals surface area contributed by atoms with Crippen molar-refractivity contribution in [3.8, 4) is 11.8 Å². The molecule has 0 saturated heterocycles. The zero-order valence-electron chi connectivity index (χ0n) is 10.7. The third kappa shape index (κ3) is 4.26. The predicted octanol–water partition coefficient (Wildman–Crippen LogP) is 2.65. The molecule has 1 atom stereocenters. The zero-order chi connectivity index (χ0) is 13.5. The number of allylic oxidation sites excluding steroid dienone is 2. The van der Waals surface area contributed by atoms with Gasteiger partial charge in [0.2, 0.25) is 5.91 Å². The summed E-state index contributed by atoms with van der Waals surface area (Å²) in [6.07, 6.45) is 6.86. The molecule has 1 amide bonds. The van der Waals surface area contributed by atoms with Crippen LogP contribution >= 0.6 is 0 Å². The first-order valence-electron chi connectivity index (χ1n) is 6.43. The van der Waals surface area contributed by atoms with Crippen molar-refractivity contribution in [1.29, 1.82) is 0 Å². The lowest BCUT2D eigenvalue weighted by molar-refractivity contribution is -0.124. The van der Waals surface area contributed by atoms with E-state index >= 15 is 0 Å². The van der Waals surface area contributed by atoms with Gasteiger partial charge in [-0.2, -0.15) is 0 Å². The average Bonchev–Trinajstić information content (AvgIpc) is 2.46. The molecule has 2 rings (SSSR count). The van der Waals surface area contributed by atoms with Crippen LogP contribution in [0.25, 0.3) is 0 Å². The highest BCUT2D eigenvalue weighted by Crippen LogP contribution is 2.17. The van der Waals surface area contributed by atoms with E-state index in [-0.39, 0.29) is 17.6 Å². The van der Waals surface area contributed by atoms with Crippen LogP contribution in [0.2, 0.25) is 0 Å². The van der Waals surface area contributed by atoms with Crippen LogP contribution < -0.4 is 5.32 Å². The van der Waals surface area contributed by atoms with E-state index in [2.05, 4.69) is 29.3 Å². The van der Waals surface area contributed by atoms with Crippen molar-refractivity contribution in [3.05, 3.63) is 47.8 Å². The van der Waals surface area contributed by atoms with Crippen molar-refractivity contribution < 1.29 is 9.18 Å². The van der Waals surface area contributed by atoms with E-state index in [9.17, 15) is 9.18 Å². The van der Waals surface area contributed by atoms with Gasteiger partial charge in [0.1, 0.15) is 5.82 Å². The maximum Gasteiger partial charge on any atom is 0.224 e. The molecule has 0 heterocycles. The smallest absolute Gasteiger partial charge is 0.224 e. The van der Waals surface area contributed by atoms with Crippen LogP contribution in [0, 0.1) is 23.6 Å². The summed E-state index contributed by atoms with van der Waals surface area (Å²) < 4.78 is 12.7. The normalized spacial score (nSPS) is 17.4. The Balaban J connectivity index is 1.78. The molecule has 0 fully saturated rings. The summed E-state index contributed by atoms with van der Waals surface area (Å²) in [5.74, 6) is 5.63. The van der Waals surface area contributed by atoms with Crippen LogP contribution in [0.3, 0.4) is 0 Å². The molecule has 0 saturated carbocycles. The van der Waals surface area contributed by atoms with Gasteiger partial charge in [-0.25, -0.2) is 4.39 Å². The van der Waals surface area contributed by atoms with Gasteiger partial charge in [0, 0.05) is 11.5 Å². The van der Waals surface area contributed by atoms with E-state index in [0.29, 0.717) is 6.54 Å². The summed E-state index contributed by atoms with van der Waals surface area (Å²) in [4.78, 5) is 11.8. The average molecular weight is 257 g/mol. The van der Waals surface area contributed by atoms with Crippen LogP contribution in [-0.2, 0) is 4.79 Å². The Labute approximate surface area is 112 Å². The second-order valence-corrected chi connectivity index (χ2v) is 4.51. The minimum atomic E-state index is -0.274. The molecule has 1 aliphatic rings. The van der Waals surface area contributed by atoms with Gasteiger partial charge in [-0.15, -0.1) is 0 Å². The van der Waals surface area contributed by atoms with Crippen molar-refractivity contribution in [2.45, 2.75) is 19.3 Å². The summed E-state index contributed by atoms with van der Waals surface area (Å²) in [5.41, 5.74) is 0.747. The molecule has 0 bridgehead atoms. The molecule has 1 aliphatic carbocycles. The summed E-state index contributed by atoms with van der Waals surface area (Å²) in [7, 11) is 0. The van der Waals surface area contributed by atoms with Crippen LogP contribution in [-0.4, -0.2) is 12.5 Å². The Hall–Kier alpha value is -2.08. The molecule has 1 unspecified atom stereocenters. The van der Waals surface area contributed by atoms with Crippen molar-refractivity contribution in [2.24, 2.45) is 5.92 Å². The molecule has 1 N–H and O–H groups in total. The first-order valence-corrected chi connectivity index (χ1v) is 6.43. The quantitative estimate of drug-likeness (QED) is 0.640. The standard InChI is InChI=1S/C16H16FNO/c17-15-10-8-13(9-11-15)5-4-12-18-16(19)14-6-2-1-3-7-14/h1-2,8-11,14H,3,6-7,12H2,(H,18,19). The summed E-state index contributed by atoms with van der Waals surface area (Å²) in [5, 5.41) is 2.81. The number of hydrogen-bond acceptors (Lipinski definition) is 1. The van der Waals surface area contributed by atoms with Crippen LogP contribution in [0.4, 0.5) is 4.39 Å². The third-order valence-corrected chi connectivity index (χ3v) is 3.07. The first-order chi connectivity index (χ1) is 9.25. The second-order valence-electron chi connectivity index (χ2n) is 4.51. The minimum absolute atomic E-state index is 0.0674. The number of amides is 1. The van der Waals surface area contributed by atoms with Crippen LogP contribution in [0.15, 0.2) is 36.4 Å². The molecule has 98 valence electrons. The molecular weight excluding hydrogens is 241 g/mol. The molecule has 0 aromatic heterocycles. The number of rotatable bonds is 2. The van der Waals surface area contributed by atoms with Gasteiger partial charge < -0.3 is 5.32 Å². The fourth-order valence-corrected chi connectivity index (χ4v) is 1.99. The summed E-state index contributed by atoms with van der Waals surface area (Å²) in [6, 6.07) is 5.99. The van der Waals surface area contributed by atoms with Crippen LogP contribution in [0.1, 0.15) is 24.8 Å². The summed E-state index contributed by atoms with van der Waals surface area (Å²) >= 11 is 0. The first kappa shape index (κ1) is 13.4. The maximum atomic E-state index is 12.7. The van der Waals surface area contributed by atoms with Crippen LogP contribution in [0.5, 0.6) is 0 Å². The van der Waals surface area contributed by atoms with Gasteiger partial charge in [0.25, 0.3) is 0 Å². The highest BCUT2D eigenvalue weighted by molar-refractivity contribution is 5.79. The molecular formula is C16H16FNO. The van der Waals surface area contributed by atoms with Gasteiger partial charge >= 0.3 is 0 Å². The van der Waals surface area contributed by atoms with Crippen molar-refractivity contribution >= 4 is 5.91 Å². The third-order valence-electron chi connectivity index (χ3n) is 3.07. The van der Waals surface area contributed by atoms with E-state index in [4.69, 9.17) is 0 Å². The fourth-order valence-electron chi connectivity index (χ4n) is 1.99. The van der Waals surface area contributed by atoms with E-state index in [1.54, 1.807) is 12.1 Å². The lowest BCUT2D eigenvalue weighted by Crippen LogP contribution is -2.31. The minimum Gasteiger partial charge on any atom is -0.345 e. The van der Waals surface area contributed by atoms with Gasteiger partial charge in [0.15, 0.2) is 0 Å².